The topological polar surface area (TPSA) is 169 Å². The van der Waals surface area contributed by atoms with Gasteiger partial charge in [0.1, 0.15) is 12.9 Å². The number of hydrogen-bond acceptors (Lipinski definition) is 14. The molecule has 0 unspecified atom stereocenters. The number of aromatic nitrogens is 4. The molecule has 1 amide bonds. The summed E-state index contributed by atoms with van der Waals surface area (Å²) >= 11 is 0. The number of carbonyl (C=O) groups is 1. The minimum absolute atomic E-state index is 0.0764. The molecule has 16 heteroatoms. The lowest BCUT2D eigenvalue weighted by molar-refractivity contribution is -0.164. The van der Waals surface area contributed by atoms with Crippen LogP contribution < -0.4 is 21.1 Å². The summed E-state index contributed by atoms with van der Waals surface area (Å²) in [7, 11) is 1.78. The van der Waals surface area contributed by atoms with Gasteiger partial charge < -0.3 is 44.5 Å². The number of ether oxygens (including phenoxy) is 4. The van der Waals surface area contributed by atoms with Crippen LogP contribution in [0, 0.1) is 0 Å². The third kappa shape index (κ3) is 17.3. The fraction of sp³-hybridized carbons (Fsp3) is 0.620. The quantitative estimate of drug-likeness (QED) is 0.127. The molecule has 472 valence electrons. The Morgan fingerprint density at radius 2 is 1.13 bits per heavy atom. The first-order valence-corrected chi connectivity index (χ1v) is 33.6. The first-order chi connectivity index (χ1) is 42.6. The molecule has 5 saturated carbocycles. The zero-order valence-corrected chi connectivity index (χ0v) is 52.6. The molecule has 2 aromatic heterocycles. The standard InChI is InChI=1S/C17H21N5O2.C16H21NO2.C16H23NO.C14H21NO.C8H15NO/c1-21-16(23)10-13(12-6-7-18-11-19-12)20-17(21)22-8-9-24-15-5-3-2-4-14(15)22;1-12(13-7-3-2-4-8-13)17-14-9-5-6-10-15(14)19-11-16(17)18;1-13(14-7-3-2-4-8-14)17-11-12-18-16-10-6-5-9-15(16)17;1-11(12-7-3-2-4-8-12)15-13-9-5-6-10-14(13)16;1-2-4-8-7(3-1)9-5-6-10-8/h6-7,10-11,14-15H,2-5,8-9H2,1H3;2-4,7-8,12,14-15H,5-6,9-11H2,1H3;2-4,7-8,13,15-16H,5-6,9-12H2,1H3;2-4,7-8,11,13-16H,5-6,9-10H2,1H3;7-9H,1-6H2/t14-,15-;12-,14-,15-;13-,15-,16-;11-,13-,14-;7-,8-/m11111/s1. The number of nitrogens with zero attached hydrogens (tertiary/aromatic N) is 7. The molecule has 9 aliphatic rings. The lowest BCUT2D eigenvalue weighted by Gasteiger charge is -2.46. The largest absolute Gasteiger partial charge is 0.392 e. The van der Waals surface area contributed by atoms with Gasteiger partial charge in [-0.25, -0.2) is 15.0 Å². The molecule has 4 saturated heterocycles. The Bertz CT molecular complexity index is 2840. The Morgan fingerprint density at radius 3 is 1.78 bits per heavy atom. The summed E-state index contributed by atoms with van der Waals surface area (Å²) in [4.78, 5) is 44.6. The van der Waals surface area contributed by atoms with Gasteiger partial charge in [0.25, 0.3) is 5.56 Å². The second-order valence-corrected chi connectivity index (χ2v) is 25.6. The van der Waals surface area contributed by atoms with Crippen molar-refractivity contribution < 1.29 is 28.8 Å². The highest BCUT2D eigenvalue weighted by Crippen LogP contribution is 2.37. The number of fused-ring (bicyclic) bond motifs is 4. The van der Waals surface area contributed by atoms with Crippen LogP contribution in [0.5, 0.6) is 0 Å². The van der Waals surface area contributed by atoms with E-state index in [1.54, 1.807) is 23.9 Å². The summed E-state index contributed by atoms with van der Waals surface area (Å²) in [6.45, 7) is 12.3. The fourth-order valence-electron chi connectivity index (χ4n) is 15.1. The molecule has 0 bridgehead atoms. The molecule has 5 aromatic rings. The minimum Gasteiger partial charge on any atom is -0.392 e. The maximum atomic E-state index is 12.5. The zero-order valence-electron chi connectivity index (χ0n) is 52.6. The van der Waals surface area contributed by atoms with Crippen molar-refractivity contribution in [2.24, 2.45) is 7.05 Å². The van der Waals surface area contributed by atoms with E-state index in [0.717, 1.165) is 71.4 Å². The minimum atomic E-state index is -0.167. The molecule has 16 nitrogen and oxygen atoms in total. The van der Waals surface area contributed by atoms with Crippen molar-refractivity contribution >= 4 is 11.9 Å². The number of carbonyl (C=O) groups excluding carboxylic acids is 1. The van der Waals surface area contributed by atoms with Gasteiger partial charge in [0.05, 0.1) is 79.9 Å². The second-order valence-electron chi connectivity index (χ2n) is 25.6. The molecule has 3 aromatic carbocycles. The van der Waals surface area contributed by atoms with Crippen molar-refractivity contribution in [2.75, 3.05) is 51.0 Å². The number of morpholine rings is 4. The summed E-state index contributed by atoms with van der Waals surface area (Å²) in [5.74, 6) is 0.843. The van der Waals surface area contributed by atoms with Gasteiger partial charge in [-0.3, -0.25) is 19.1 Å². The Morgan fingerprint density at radius 1 is 0.575 bits per heavy atom. The van der Waals surface area contributed by atoms with Crippen molar-refractivity contribution in [3.05, 3.63) is 143 Å². The van der Waals surface area contributed by atoms with E-state index in [-0.39, 0.29) is 54.5 Å². The van der Waals surface area contributed by atoms with Crippen LogP contribution in [-0.4, -0.2) is 147 Å². The number of aliphatic hydroxyl groups excluding tert-OH is 1. The Balaban J connectivity index is 0.000000123. The first kappa shape index (κ1) is 64.6. The van der Waals surface area contributed by atoms with Crippen LogP contribution in [0.15, 0.2) is 120 Å². The van der Waals surface area contributed by atoms with E-state index in [1.165, 1.54) is 119 Å². The number of aliphatic hydroxyl groups is 1. The SMILES string of the molecule is C1CC[C@H]2OCCN[C@@H]2C1.C[C@@H](N[C@@H]1CCCC[C@H]1O)c1ccccc1.C[C@H](c1ccccc1)N1C(=O)CO[C@@H]2CCCC[C@H]21.C[C@H](c1ccccc1)N1CCO[C@@H]2CCCC[C@H]21.Cn1c(N2CCO[C@@H]3CCCC[C@H]32)nc(-c2ccncn2)cc1=O. The van der Waals surface area contributed by atoms with Crippen LogP contribution in [0.1, 0.15) is 184 Å². The molecule has 3 N–H and O–H groups in total. The van der Waals surface area contributed by atoms with Gasteiger partial charge in [-0.2, -0.15) is 0 Å². The molecule has 0 radical (unpaired) electrons. The van der Waals surface area contributed by atoms with Gasteiger partial charge in [-0.1, -0.05) is 155 Å². The molecule has 5 aliphatic carbocycles. The maximum Gasteiger partial charge on any atom is 0.255 e. The van der Waals surface area contributed by atoms with E-state index in [2.05, 4.69) is 123 Å². The molecule has 87 heavy (non-hydrogen) atoms. The predicted octanol–water partition coefficient (Wildman–Crippen LogP) is 11.3. The molecule has 13 atom stereocenters. The number of hydrogen-bond donors (Lipinski definition) is 3. The normalized spacial score (nSPS) is 29.0. The lowest BCUT2D eigenvalue weighted by atomic mass is 9.88. The van der Waals surface area contributed by atoms with E-state index < -0.39 is 0 Å². The molecule has 0 spiro atoms. The lowest BCUT2D eigenvalue weighted by Crippen LogP contribution is -2.56. The van der Waals surface area contributed by atoms with Gasteiger partial charge in [-0.05, 0) is 108 Å². The Labute approximate surface area is 518 Å². The average Bonchev–Trinajstić information content (AvgIpc) is 3.22. The van der Waals surface area contributed by atoms with Gasteiger partial charge in [0.2, 0.25) is 11.9 Å². The van der Waals surface area contributed by atoms with Gasteiger partial charge in [-0.15, -0.1) is 0 Å². The Hall–Kier alpha value is -5.43. The maximum absolute atomic E-state index is 12.5. The van der Waals surface area contributed by atoms with Crippen molar-refractivity contribution in [3.63, 3.8) is 0 Å². The van der Waals surface area contributed by atoms with Crippen LogP contribution in [0.3, 0.4) is 0 Å². The molecular formula is C71H101N9O7. The van der Waals surface area contributed by atoms with E-state index in [4.69, 9.17) is 23.9 Å². The van der Waals surface area contributed by atoms with Crippen LogP contribution in [0.4, 0.5) is 5.95 Å². The summed E-state index contributed by atoms with van der Waals surface area (Å²) in [5, 5.41) is 16.9. The van der Waals surface area contributed by atoms with Crippen molar-refractivity contribution in [1.82, 2.24) is 40.0 Å². The first-order valence-electron chi connectivity index (χ1n) is 33.6. The van der Waals surface area contributed by atoms with Crippen LogP contribution in [0.2, 0.25) is 0 Å². The van der Waals surface area contributed by atoms with Crippen molar-refractivity contribution in [3.8, 4) is 11.4 Å². The predicted molar refractivity (Wildman–Crippen MR) is 343 cm³/mol. The number of benzene rings is 3. The smallest absolute Gasteiger partial charge is 0.255 e. The summed E-state index contributed by atoms with van der Waals surface area (Å²) in [5.41, 5.74) is 5.12. The average molecular weight is 1190 g/mol. The molecular weight excluding hydrogens is 1090 g/mol. The third-order valence-corrected chi connectivity index (χ3v) is 20.0. The van der Waals surface area contributed by atoms with Crippen LogP contribution in [0.25, 0.3) is 11.4 Å². The summed E-state index contributed by atoms with van der Waals surface area (Å²) in [6.07, 6.45) is 28.7. The highest BCUT2D eigenvalue weighted by Gasteiger charge is 2.41. The van der Waals surface area contributed by atoms with Crippen LogP contribution in [-0.2, 0) is 30.8 Å². The number of anilines is 1. The van der Waals surface area contributed by atoms with E-state index >= 15 is 0 Å². The monoisotopic (exact) mass is 1190 g/mol. The third-order valence-electron chi connectivity index (χ3n) is 20.0. The van der Waals surface area contributed by atoms with Crippen molar-refractivity contribution in [1.29, 1.82) is 0 Å². The van der Waals surface area contributed by atoms with Gasteiger partial charge >= 0.3 is 0 Å². The van der Waals surface area contributed by atoms with Gasteiger partial charge in [0, 0.05) is 69.2 Å². The van der Waals surface area contributed by atoms with E-state index in [9.17, 15) is 14.7 Å². The fourth-order valence-corrected chi connectivity index (χ4v) is 15.1. The molecule has 9 fully saturated rings. The second kappa shape index (κ2) is 32.9. The Kier molecular flexibility index (Phi) is 24.4. The van der Waals surface area contributed by atoms with Crippen molar-refractivity contribution in [2.45, 2.75) is 228 Å². The zero-order chi connectivity index (χ0) is 60.3. The van der Waals surface area contributed by atoms with Crippen LogP contribution >= 0.6 is 0 Å². The summed E-state index contributed by atoms with van der Waals surface area (Å²) in [6, 6.07) is 38.0. The van der Waals surface area contributed by atoms with E-state index in [1.807, 2.05) is 24.3 Å². The number of nitrogens with one attached hydrogen (secondary N) is 2. The number of amides is 1. The highest BCUT2D eigenvalue weighted by molar-refractivity contribution is 5.79. The highest BCUT2D eigenvalue weighted by atomic mass is 16.5. The summed E-state index contributed by atoms with van der Waals surface area (Å²) < 4.78 is 24.9. The molecule has 6 heterocycles. The van der Waals surface area contributed by atoms with Gasteiger partial charge in [0.15, 0.2) is 0 Å². The molecule has 4 aliphatic heterocycles. The molecule has 14 rings (SSSR count). The number of rotatable bonds is 9. The van der Waals surface area contributed by atoms with E-state index in [0.29, 0.717) is 66.4 Å².